The highest BCUT2D eigenvalue weighted by Gasteiger charge is 2.34. The summed E-state index contributed by atoms with van der Waals surface area (Å²) in [7, 11) is 0. The van der Waals surface area contributed by atoms with Gasteiger partial charge < -0.3 is 10.2 Å². The van der Waals surface area contributed by atoms with Crippen molar-refractivity contribution in [2.45, 2.75) is 52.6 Å². The van der Waals surface area contributed by atoms with Gasteiger partial charge in [-0.15, -0.1) is 0 Å². The maximum absolute atomic E-state index is 13.3. The predicted molar refractivity (Wildman–Crippen MR) is 130 cm³/mol. The molecule has 2 aromatic carbocycles. The zero-order valence-corrected chi connectivity index (χ0v) is 19.8. The standard InChI is InChI=1S/C27H32N4O2/c1-18(31-21(4)19(2)20(3)29-31)16-26(32)30-15-14-28-27(33)25(30)17-22-10-12-24(13-11-22)23-8-6-5-7-9-23/h5-13,18,25H,14-17H2,1-4H3,(H,28,33)/t18-,25-/m0/s1. The highest BCUT2D eigenvalue weighted by molar-refractivity contribution is 5.89. The molecule has 0 bridgehead atoms. The summed E-state index contributed by atoms with van der Waals surface area (Å²) in [5, 5.41) is 7.54. The number of carbonyl (C=O) groups excluding carboxylic acids is 2. The molecule has 2 amide bonds. The predicted octanol–water partition coefficient (Wildman–Crippen LogP) is 4.00. The summed E-state index contributed by atoms with van der Waals surface area (Å²) in [6.07, 6.45) is 0.818. The van der Waals surface area contributed by atoms with Gasteiger partial charge in [0.1, 0.15) is 6.04 Å². The molecule has 0 spiro atoms. The summed E-state index contributed by atoms with van der Waals surface area (Å²) in [6.45, 7) is 9.10. The van der Waals surface area contributed by atoms with Gasteiger partial charge in [-0.2, -0.15) is 5.10 Å². The lowest BCUT2D eigenvalue weighted by atomic mass is 9.98. The third-order valence-corrected chi connectivity index (χ3v) is 6.72. The van der Waals surface area contributed by atoms with Crippen molar-refractivity contribution in [3.8, 4) is 11.1 Å². The third kappa shape index (κ3) is 4.85. The molecular formula is C27H32N4O2. The van der Waals surface area contributed by atoms with Crippen LogP contribution in [0.25, 0.3) is 11.1 Å². The highest BCUT2D eigenvalue weighted by atomic mass is 16.2. The SMILES string of the molecule is Cc1nn([C@@H](C)CC(=O)N2CCNC(=O)[C@@H]2Cc2ccc(-c3ccccc3)cc2)c(C)c1C. The van der Waals surface area contributed by atoms with Crippen LogP contribution in [0.2, 0.25) is 0 Å². The largest absolute Gasteiger partial charge is 0.353 e. The van der Waals surface area contributed by atoms with Crippen LogP contribution in [0.4, 0.5) is 0 Å². The maximum Gasteiger partial charge on any atom is 0.243 e. The van der Waals surface area contributed by atoms with Gasteiger partial charge in [-0.3, -0.25) is 14.3 Å². The Morgan fingerprint density at radius 1 is 1.06 bits per heavy atom. The van der Waals surface area contributed by atoms with Gasteiger partial charge in [-0.05, 0) is 49.9 Å². The van der Waals surface area contributed by atoms with Crippen LogP contribution in [0.1, 0.15) is 41.9 Å². The number of aromatic nitrogens is 2. The van der Waals surface area contributed by atoms with Crippen molar-refractivity contribution >= 4 is 11.8 Å². The Hall–Kier alpha value is -3.41. The second kappa shape index (κ2) is 9.61. The smallest absolute Gasteiger partial charge is 0.243 e. The lowest BCUT2D eigenvalue weighted by Crippen LogP contribution is -2.58. The maximum atomic E-state index is 13.3. The fourth-order valence-electron chi connectivity index (χ4n) is 4.53. The van der Waals surface area contributed by atoms with Crippen LogP contribution in [0.3, 0.4) is 0 Å². The summed E-state index contributed by atoms with van der Waals surface area (Å²) in [6, 6.07) is 17.9. The monoisotopic (exact) mass is 444 g/mol. The van der Waals surface area contributed by atoms with Crippen LogP contribution < -0.4 is 5.32 Å². The molecule has 1 N–H and O–H groups in total. The highest BCUT2D eigenvalue weighted by Crippen LogP contribution is 2.23. The fourth-order valence-corrected chi connectivity index (χ4v) is 4.53. The van der Waals surface area contributed by atoms with Gasteiger partial charge in [0, 0.05) is 31.6 Å². The molecule has 0 radical (unpaired) electrons. The lowest BCUT2D eigenvalue weighted by Gasteiger charge is -2.36. The van der Waals surface area contributed by atoms with Crippen molar-refractivity contribution in [3.63, 3.8) is 0 Å². The molecule has 33 heavy (non-hydrogen) atoms. The molecule has 0 saturated carbocycles. The molecule has 6 heteroatoms. The number of carbonyl (C=O) groups is 2. The van der Waals surface area contributed by atoms with Crippen LogP contribution in [0.5, 0.6) is 0 Å². The van der Waals surface area contributed by atoms with Gasteiger partial charge in [-0.25, -0.2) is 0 Å². The molecule has 0 unspecified atom stereocenters. The number of hydrogen-bond donors (Lipinski definition) is 1. The van der Waals surface area contributed by atoms with Gasteiger partial charge in [0.15, 0.2) is 0 Å². The molecule has 1 aliphatic heterocycles. The van der Waals surface area contributed by atoms with Crippen LogP contribution in [-0.4, -0.2) is 45.6 Å². The van der Waals surface area contributed by atoms with Gasteiger partial charge in [0.2, 0.25) is 11.8 Å². The zero-order chi connectivity index (χ0) is 23.5. The minimum atomic E-state index is -0.497. The summed E-state index contributed by atoms with van der Waals surface area (Å²) in [4.78, 5) is 27.8. The van der Waals surface area contributed by atoms with E-state index in [0.29, 0.717) is 25.9 Å². The average Bonchev–Trinajstić information content (AvgIpc) is 3.08. The van der Waals surface area contributed by atoms with E-state index in [1.165, 1.54) is 0 Å². The van der Waals surface area contributed by atoms with Gasteiger partial charge in [0.05, 0.1) is 11.7 Å². The molecule has 1 saturated heterocycles. The number of hydrogen-bond acceptors (Lipinski definition) is 3. The first kappa shape index (κ1) is 22.8. The molecule has 1 fully saturated rings. The lowest BCUT2D eigenvalue weighted by molar-refractivity contribution is -0.143. The first-order chi connectivity index (χ1) is 15.8. The van der Waals surface area contributed by atoms with Crippen molar-refractivity contribution in [1.82, 2.24) is 20.0 Å². The topological polar surface area (TPSA) is 67.2 Å². The number of amides is 2. The molecular weight excluding hydrogens is 412 g/mol. The van der Waals surface area contributed by atoms with Crippen LogP contribution in [0.15, 0.2) is 54.6 Å². The minimum absolute atomic E-state index is 0.00605. The second-order valence-electron chi connectivity index (χ2n) is 8.95. The number of nitrogens with one attached hydrogen (secondary N) is 1. The number of piperazine rings is 1. The number of rotatable bonds is 6. The van der Waals surface area contributed by atoms with E-state index in [1.807, 2.05) is 55.8 Å². The normalized spacial score (nSPS) is 17.0. The van der Waals surface area contributed by atoms with Gasteiger partial charge >= 0.3 is 0 Å². The van der Waals surface area contributed by atoms with Gasteiger partial charge in [-0.1, -0.05) is 54.6 Å². The molecule has 3 aromatic rings. The van der Waals surface area contributed by atoms with Crippen LogP contribution in [-0.2, 0) is 16.0 Å². The molecule has 2 atom stereocenters. The van der Waals surface area contributed by atoms with E-state index in [2.05, 4.69) is 41.6 Å². The fraction of sp³-hybridized carbons (Fsp3) is 0.370. The van der Waals surface area contributed by atoms with Crippen molar-refractivity contribution < 1.29 is 9.59 Å². The Bertz CT molecular complexity index is 1130. The van der Waals surface area contributed by atoms with E-state index in [0.717, 1.165) is 33.6 Å². The number of nitrogens with zero attached hydrogens (tertiary/aromatic N) is 3. The minimum Gasteiger partial charge on any atom is -0.353 e. The molecule has 172 valence electrons. The Morgan fingerprint density at radius 2 is 1.73 bits per heavy atom. The quantitative estimate of drug-likeness (QED) is 0.625. The summed E-state index contributed by atoms with van der Waals surface area (Å²) in [5.74, 6) is -0.0928. The Kier molecular flexibility index (Phi) is 6.63. The summed E-state index contributed by atoms with van der Waals surface area (Å²) >= 11 is 0. The Morgan fingerprint density at radius 3 is 2.36 bits per heavy atom. The number of benzene rings is 2. The van der Waals surface area contributed by atoms with Crippen molar-refractivity contribution in [2.24, 2.45) is 0 Å². The van der Waals surface area contributed by atoms with Crippen molar-refractivity contribution in [2.75, 3.05) is 13.1 Å². The molecule has 1 aromatic heterocycles. The molecule has 2 heterocycles. The average molecular weight is 445 g/mol. The molecule has 1 aliphatic rings. The van der Waals surface area contributed by atoms with Crippen molar-refractivity contribution in [3.05, 3.63) is 77.1 Å². The van der Waals surface area contributed by atoms with E-state index in [1.54, 1.807) is 4.90 Å². The second-order valence-corrected chi connectivity index (χ2v) is 8.95. The molecule has 6 nitrogen and oxygen atoms in total. The number of aryl methyl sites for hydroxylation is 1. The van der Waals surface area contributed by atoms with Gasteiger partial charge in [0.25, 0.3) is 0 Å². The Balaban J connectivity index is 1.47. The van der Waals surface area contributed by atoms with E-state index in [9.17, 15) is 9.59 Å². The third-order valence-electron chi connectivity index (χ3n) is 6.72. The van der Waals surface area contributed by atoms with E-state index in [4.69, 9.17) is 0 Å². The Labute approximate surface area is 195 Å². The van der Waals surface area contributed by atoms with Crippen LogP contribution in [0, 0.1) is 20.8 Å². The molecule has 0 aliphatic carbocycles. The van der Waals surface area contributed by atoms with Crippen molar-refractivity contribution in [1.29, 1.82) is 0 Å². The first-order valence-corrected chi connectivity index (χ1v) is 11.6. The van der Waals surface area contributed by atoms with Crippen LogP contribution >= 0.6 is 0 Å². The first-order valence-electron chi connectivity index (χ1n) is 11.6. The van der Waals surface area contributed by atoms with E-state index >= 15 is 0 Å². The summed E-state index contributed by atoms with van der Waals surface area (Å²) in [5.41, 5.74) is 6.56. The molecule has 4 rings (SSSR count). The van der Waals surface area contributed by atoms with E-state index in [-0.39, 0.29) is 17.9 Å². The van der Waals surface area contributed by atoms with E-state index < -0.39 is 6.04 Å². The summed E-state index contributed by atoms with van der Waals surface area (Å²) < 4.78 is 1.93. The zero-order valence-electron chi connectivity index (χ0n) is 19.8.